The van der Waals surface area contributed by atoms with Gasteiger partial charge in [-0.1, -0.05) is 25.1 Å². The Labute approximate surface area is 139 Å². The molecule has 2 aromatic heterocycles. The minimum absolute atomic E-state index is 0.0107. The Morgan fingerprint density at radius 1 is 1.29 bits per heavy atom. The third-order valence-electron chi connectivity index (χ3n) is 4.07. The van der Waals surface area contributed by atoms with Gasteiger partial charge in [0, 0.05) is 12.7 Å². The molecule has 0 atom stereocenters. The van der Waals surface area contributed by atoms with Crippen LogP contribution in [0.15, 0.2) is 40.0 Å². The van der Waals surface area contributed by atoms with E-state index in [4.69, 9.17) is 0 Å². The Bertz CT molecular complexity index is 1080. The van der Waals surface area contributed by atoms with Gasteiger partial charge >= 0.3 is 0 Å². The number of aryl methyl sites for hydroxylation is 2. The predicted molar refractivity (Wildman–Crippen MR) is 92.7 cm³/mol. The topological polar surface area (TPSA) is 96.8 Å². The Morgan fingerprint density at radius 2 is 2.00 bits per heavy atom. The molecule has 0 amide bonds. The van der Waals surface area contributed by atoms with Crippen molar-refractivity contribution in [1.29, 1.82) is 0 Å². The average molecular weight is 346 g/mol. The minimum Gasteiger partial charge on any atom is -0.315 e. The molecule has 2 N–H and O–H groups in total. The molecule has 3 aromatic rings. The lowest BCUT2D eigenvalue weighted by Gasteiger charge is -2.10. The number of rotatable bonds is 4. The monoisotopic (exact) mass is 346 g/mol. The van der Waals surface area contributed by atoms with Crippen LogP contribution in [0.2, 0.25) is 0 Å². The van der Waals surface area contributed by atoms with Crippen molar-refractivity contribution < 1.29 is 8.42 Å². The Kier molecular flexibility index (Phi) is 3.92. The molecule has 0 saturated heterocycles. The zero-order valence-corrected chi connectivity index (χ0v) is 14.4. The largest absolute Gasteiger partial charge is 0.315 e. The summed E-state index contributed by atoms with van der Waals surface area (Å²) in [5.41, 5.74) is 1.65. The molecule has 2 heterocycles. The van der Waals surface area contributed by atoms with Crippen LogP contribution >= 0.6 is 0 Å². The van der Waals surface area contributed by atoms with E-state index in [1.54, 1.807) is 38.2 Å². The summed E-state index contributed by atoms with van der Waals surface area (Å²) in [5, 5.41) is 6.91. The molecule has 0 unspecified atom stereocenters. The molecule has 3 rings (SSSR count). The van der Waals surface area contributed by atoms with Crippen LogP contribution < -0.4 is 10.3 Å². The summed E-state index contributed by atoms with van der Waals surface area (Å²) < 4.78 is 29.3. The highest BCUT2D eigenvalue weighted by Crippen LogP contribution is 2.23. The lowest BCUT2D eigenvalue weighted by Crippen LogP contribution is -2.21. The van der Waals surface area contributed by atoms with E-state index in [1.165, 1.54) is 10.6 Å². The van der Waals surface area contributed by atoms with E-state index in [0.29, 0.717) is 17.5 Å². The number of nitrogens with zero attached hydrogens (tertiary/aromatic N) is 2. The summed E-state index contributed by atoms with van der Waals surface area (Å²) in [5.74, 6) is 0.0107. The van der Waals surface area contributed by atoms with Gasteiger partial charge in [-0.05, 0) is 31.0 Å². The first-order valence-electron chi connectivity index (χ1n) is 7.50. The number of anilines is 1. The van der Waals surface area contributed by atoms with E-state index in [2.05, 4.69) is 14.9 Å². The number of hydrogen-bond acceptors (Lipinski definition) is 4. The van der Waals surface area contributed by atoms with Crippen LogP contribution in [0.1, 0.15) is 18.2 Å². The van der Waals surface area contributed by atoms with Crippen molar-refractivity contribution in [1.82, 2.24) is 14.8 Å². The number of benzene rings is 1. The van der Waals surface area contributed by atoms with Gasteiger partial charge in [-0.2, -0.15) is 5.10 Å². The maximum absolute atomic E-state index is 12.7. The molecule has 0 saturated carbocycles. The highest BCUT2D eigenvalue weighted by Gasteiger charge is 2.21. The molecule has 0 bridgehead atoms. The van der Waals surface area contributed by atoms with Crippen molar-refractivity contribution in [2.24, 2.45) is 7.05 Å². The highest BCUT2D eigenvalue weighted by atomic mass is 32.2. The van der Waals surface area contributed by atoms with Crippen molar-refractivity contribution in [2.45, 2.75) is 25.2 Å². The second-order valence-corrected chi connectivity index (χ2v) is 7.23. The molecule has 0 aliphatic rings. The first-order valence-corrected chi connectivity index (χ1v) is 8.99. The van der Waals surface area contributed by atoms with Crippen LogP contribution in [-0.4, -0.2) is 23.2 Å². The second kappa shape index (κ2) is 5.79. The smallest absolute Gasteiger partial charge is 0.263 e. The van der Waals surface area contributed by atoms with Crippen LogP contribution in [0, 0.1) is 6.92 Å². The molecular formula is C16H18N4O3S. The van der Waals surface area contributed by atoms with Gasteiger partial charge in [0.1, 0.15) is 5.39 Å². The molecule has 0 fully saturated rings. The van der Waals surface area contributed by atoms with Gasteiger partial charge in [0.2, 0.25) is 0 Å². The van der Waals surface area contributed by atoms with Gasteiger partial charge < -0.3 is 4.57 Å². The van der Waals surface area contributed by atoms with Crippen LogP contribution in [0.3, 0.4) is 0 Å². The number of H-pyrrole nitrogens is 1. The number of hydrogen-bond donors (Lipinski definition) is 2. The van der Waals surface area contributed by atoms with Gasteiger partial charge in [0.15, 0.2) is 5.82 Å². The zero-order chi connectivity index (χ0) is 17.5. The molecule has 0 aliphatic carbocycles. The fourth-order valence-corrected chi connectivity index (χ4v) is 3.95. The molecule has 7 nitrogen and oxygen atoms in total. The first-order chi connectivity index (χ1) is 11.3. The van der Waals surface area contributed by atoms with Crippen LogP contribution in [-0.2, 0) is 23.5 Å². The van der Waals surface area contributed by atoms with Crippen molar-refractivity contribution in [3.05, 3.63) is 51.9 Å². The Morgan fingerprint density at radius 3 is 2.71 bits per heavy atom. The van der Waals surface area contributed by atoms with Gasteiger partial charge in [0.25, 0.3) is 15.6 Å². The van der Waals surface area contributed by atoms with Crippen molar-refractivity contribution in [3.8, 4) is 0 Å². The summed E-state index contributed by atoms with van der Waals surface area (Å²) in [6.07, 6.45) is 0.583. The van der Waals surface area contributed by atoms with Crippen LogP contribution in [0.4, 0.5) is 5.82 Å². The predicted octanol–water partition coefficient (Wildman–Crippen LogP) is 1.93. The molecule has 0 spiro atoms. The molecule has 0 aliphatic heterocycles. The normalized spacial score (nSPS) is 11.8. The van der Waals surface area contributed by atoms with Crippen LogP contribution in [0.5, 0.6) is 0 Å². The molecule has 8 heteroatoms. The highest BCUT2D eigenvalue weighted by molar-refractivity contribution is 7.92. The Hall–Kier alpha value is -2.61. The molecular weight excluding hydrogens is 328 g/mol. The fourth-order valence-electron chi connectivity index (χ4n) is 2.62. The van der Waals surface area contributed by atoms with Crippen molar-refractivity contribution in [3.63, 3.8) is 0 Å². The third kappa shape index (κ3) is 2.58. The molecule has 126 valence electrons. The van der Waals surface area contributed by atoms with E-state index < -0.39 is 10.0 Å². The summed E-state index contributed by atoms with van der Waals surface area (Å²) in [7, 11) is -2.20. The van der Waals surface area contributed by atoms with E-state index in [-0.39, 0.29) is 21.7 Å². The van der Waals surface area contributed by atoms with Crippen LogP contribution in [0.25, 0.3) is 10.9 Å². The number of aromatic nitrogens is 3. The Balaban J connectivity index is 2.13. The summed E-state index contributed by atoms with van der Waals surface area (Å²) in [6.45, 7) is 3.68. The SMILES string of the molecule is CCc1ccccc1S(=O)(=O)Nc1n[nH]c2cc(C)n(C)c(=O)c12. The number of aromatic amines is 1. The lowest BCUT2D eigenvalue weighted by atomic mass is 10.2. The zero-order valence-electron chi connectivity index (χ0n) is 13.6. The maximum atomic E-state index is 12.7. The molecule has 1 aromatic carbocycles. The third-order valence-corrected chi connectivity index (χ3v) is 5.51. The minimum atomic E-state index is -3.84. The maximum Gasteiger partial charge on any atom is 0.263 e. The number of pyridine rings is 1. The first kappa shape index (κ1) is 16.3. The number of sulfonamides is 1. The molecule has 24 heavy (non-hydrogen) atoms. The van der Waals surface area contributed by atoms with E-state index >= 15 is 0 Å². The number of nitrogens with one attached hydrogen (secondary N) is 2. The second-order valence-electron chi connectivity index (χ2n) is 5.58. The number of fused-ring (bicyclic) bond motifs is 1. The fraction of sp³-hybridized carbons (Fsp3) is 0.250. The van der Waals surface area contributed by atoms with Crippen molar-refractivity contribution >= 4 is 26.7 Å². The van der Waals surface area contributed by atoms with Gasteiger partial charge in [0.05, 0.1) is 10.4 Å². The average Bonchev–Trinajstić information content (AvgIpc) is 2.94. The van der Waals surface area contributed by atoms with Crippen molar-refractivity contribution in [2.75, 3.05) is 4.72 Å². The van der Waals surface area contributed by atoms with E-state index in [9.17, 15) is 13.2 Å². The summed E-state index contributed by atoms with van der Waals surface area (Å²) in [6, 6.07) is 8.51. The van der Waals surface area contributed by atoms with Gasteiger partial charge in [-0.3, -0.25) is 14.6 Å². The van der Waals surface area contributed by atoms with Gasteiger partial charge in [-0.25, -0.2) is 8.42 Å². The summed E-state index contributed by atoms with van der Waals surface area (Å²) >= 11 is 0. The quantitative estimate of drug-likeness (QED) is 0.754. The van der Waals surface area contributed by atoms with Gasteiger partial charge in [-0.15, -0.1) is 0 Å². The lowest BCUT2D eigenvalue weighted by molar-refractivity contribution is 0.600. The van der Waals surface area contributed by atoms with E-state index in [1.807, 2.05) is 6.92 Å². The molecule has 0 radical (unpaired) electrons. The summed E-state index contributed by atoms with van der Waals surface area (Å²) in [4.78, 5) is 12.6. The van der Waals surface area contributed by atoms with E-state index in [0.717, 1.165) is 5.69 Å². The standard InChI is InChI=1S/C16H18N4O3S/c1-4-11-7-5-6-8-13(11)24(22,23)19-15-14-12(17-18-15)9-10(2)20(3)16(14)21/h5-9H,4H2,1-3H3,(H2,17,18,19).